The van der Waals surface area contributed by atoms with Crippen molar-refractivity contribution in [3.8, 4) is 0 Å². The maximum Gasteiger partial charge on any atom is 0.312 e. The Kier molecular flexibility index (Phi) is 4.97. The molecule has 0 heterocycles. The zero-order valence-electron chi connectivity index (χ0n) is 13.2. The SMILES string of the molecule is CC(C)/C(=N\O[Si](C)(C)c1ccccc1)c1ccccc1. The average Bonchev–Trinajstić information content (AvgIpc) is 2.49. The van der Waals surface area contributed by atoms with E-state index in [2.05, 4.69) is 68.5 Å². The summed E-state index contributed by atoms with van der Waals surface area (Å²) in [5.74, 6) is 0.327. The van der Waals surface area contributed by atoms with Crippen LogP contribution in [0.15, 0.2) is 65.8 Å². The third-order valence-electron chi connectivity index (χ3n) is 3.46. The van der Waals surface area contributed by atoms with Crippen molar-refractivity contribution in [3.05, 3.63) is 66.2 Å². The lowest BCUT2D eigenvalue weighted by Crippen LogP contribution is -2.43. The third kappa shape index (κ3) is 4.05. The predicted octanol–water partition coefficient (Wildman–Crippen LogP) is 4.18. The van der Waals surface area contributed by atoms with Gasteiger partial charge in [0.2, 0.25) is 0 Å². The van der Waals surface area contributed by atoms with Gasteiger partial charge in [0.1, 0.15) is 0 Å². The number of hydrogen-bond acceptors (Lipinski definition) is 2. The van der Waals surface area contributed by atoms with Crippen LogP contribution in [0.3, 0.4) is 0 Å². The van der Waals surface area contributed by atoms with Crippen LogP contribution in [0, 0.1) is 5.92 Å². The summed E-state index contributed by atoms with van der Waals surface area (Å²) in [4.78, 5) is 0. The van der Waals surface area contributed by atoms with Crippen LogP contribution in [0.2, 0.25) is 13.1 Å². The zero-order chi connectivity index (χ0) is 15.3. The summed E-state index contributed by atoms with van der Waals surface area (Å²) >= 11 is 0. The second-order valence-electron chi connectivity index (χ2n) is 5.96. The van der Waals surface area contributed by atoms with Crippen molar-refractivity contribution in [1.82, 2.24) is 0 Å². The first-order valence-electron chi connectivity index (χ1n) is 7.38. The number of benzene rings is 2. The van der Waals surface area contributed by atoms with E-state index in [-0.39, 0.29) is 0 Å². The fourth-order valence-corrected chi connectivity index (χ4v) is 3.58. The summed E-state index contributed by atoms with van der Waals surface area (Å²) < 4.78 is 6.02. The van der Waals surface area contributed by atoms with Gasteiger partial charge in [0.15, 0.2) is 0 Å². The molecule has 0 atom stereocenters. The second-order valence-corrected chi connectivity index (χ2v) is 9.75. The Bertz CT molecular complexity index is 591. The fraction of sp³-hybridized carbons (Fsp3) is 0.278. The fourth-order valence-electron chi connectivity index (χ4n) is 2.16. The van der Waals surface area contributed by atoms with Crippen LogP contribution in [-0.2, 0) is 4.53 Å². The molecule has 0 spiro atoms. The van der Waals surface area contributed by atoms with Gasteiger partial charge in [-0.3, -0.25) is 0 Å². The number of nitrogens with zero attached hydrogens (tertiary/aromatic N) is 1. The van der Waals surface area contributed by atoms with Gasteiger partial charge in [0.05, 0.1) is 5.71 Å². The number of rotatable bonds is 5. The highest BCUT2D eigenvalue weighted by Crippen LogP contribution is 2.13. The summed E-state index contributed by atoms with van der Waals surface area (Å²) in [5.41, 5.74) is 2.14. The largest absolute Gasteiger partial charge is 0.450 e. The van der Waals surface area contributed by atoms with Crippen LogP contribution in [0.1, 0.15) is 19.4 Å². The minimum Gasteiger partial charge on any atom is -0.450 e. The van der Waals surface area contributed by atoms with Gasteiger partial charge in [0.25, 0.3) is 0 Å². The van der Waals surface area contributed by atoms with E-state index in [9.17, 15) is 0 Å². The molecule has 0 fully saturated rings. The Labute approximate surface area is 128 Å². The highest BCUT2D eigenvalue weighted by molar-refractivity contribution is 6.84. The summed E-state index contributed by atoms with van der Waals surface area (Å²) in [7, 11) is -2.01. The van der Waals surface area contributed by atoms with Gasteiger partial charge in [-0.25, -0.2) is 0 Å². The second kappa shape index (κ2) is 6.72. The molecule has 2 rings (SSSR count). The van der Waals surface area contributed by atoms with E-state index in [0.717, 1.165) is 11.3 Å². The van der Waals surface area contributed by atoms with E-state index in [4.69, 9.17) is 4.53 Å². The van der Waals surface area contributed by atoms with E-state index < -0.39 is 8.32 Å². The number of hydrogen-bond donors (Lipinski definition) is 0. The lowest BCUT2D eigenvalue weighted by atomic mass is 10.0. The van der Waals surface area contributed by atoms with Crippen LogP contribution in [0.25, 0.3) is 0 Å². The van der Waals surface area contributed by atoms with Crippen LogP contribution < -0.4 is 5.19 Å². The molecule has 0 amide bonds. The maximum atomic E-state index is 6.02. The monoisotopic (exact) mass is 297 g/mol. The lowest BCUT2D eigenvalue weighted by Gasteiger charge is -2.21. The van der Waals surface area contributed by atoms with Crippen LogP contribution in [0.4, 0.5) is 0 Å². The van der Waals surface area contributed by atoms with Crippen molar-refractivity contribution in [1.29, 1.82) is 0 Å². The highest BCUT2D eigenvalue weighted by atomic mass is 28.4. The molecule has 0 aliphatic rings. The molecule has 0 radical (unpaired) electrons. The molecule has 2 nitrogen and oxygen atoms in total. The van der Waals surface area contributed by atoms with Gasteiger partial charge < -0.3 is 4.53 Å². The first-order valence-corrected chi connectivity index (χ1v) is 10.3. The minimum atomic E-state index is -2.01. The third-order valence-corrected chi connectivity index (χ3v) is 5.73. The molecule has 0 bridgehead atoms. The molecular formula is C18H23NOSi. The van der Waals surface area contributed by atoms with Crippen molar-refractivity contribution < 1.29 is 4.53 Å². The Morgan fingerprint density at radius 1 is 0.905 bits per heavy atom. The van der Waals surface area contributed by atoms with Gasteiger partial charge in [-0.2, -0.15) is 0 Å². The molecule has 0 saturated heterocycles. The van der Waals surface area contributed by atoms with Gasteiger partial charge >= 0.3 is 8.32 Å². The van der Waals surface area contributed by atoms with E-state index in [1.165, 1.54) is 5.19 Å². The quantitative estimate of drug-likeness (QED) is 0.461. The molecule has 110 valence electrons. The van der Waals surface area contributed by atoms with E-state index in [0.29, 0.717) is 5.92 Å². The lowest BCUT2D eigenvalue weighted by molar-refractivity contribution is 0.337. The van der Waals surface area contributed by atoms with Crippen LogP contribution >= 0.6 is 0 Å². The van der Waals surface area contributed by atoms with E-state index in [1.807, 2.05) is 24.3 Å². The Morgan fingerprint density at radius 3 is 1.95 bits per heavy atom. The van der Waals surface area contributed by atoms with Gasteiger partial charge in [-0.15, -0.1) is 5.16 Å². The van der Waals surface area contributed by atoms with Gasteiger partial charge in [-0.1, -0.05) is 74.5 Å². The summed E-state index contributed by atoms with van der Waals surface area (Å²) in [5, 5.41) is 5.77. The van der Waals surface area contributed by atoms with E-state index in [1.54, 1.807) is 0 Å². The molecule has 3 heteroatoms. The Morgan fingerprint density at radius 2 is 1.43 bits per heavy atom. The summed E-state index contributed by atoms with van der Waals surface area (Å²) in [6.07, 6.45) is 0. The van der Waals surface area contributed by atoms with Crippen molar-refractivity contribution in [2.24, 2.45) is 11.1 Å². The molecule has 2 aromatic rings. The van der Waals surface area contributed by atoms with Crippen molar-refractivity contribution in [2.45, 2.75) is 26.9 Å². The van der Waals surface area contributed by atoms with Crippen molar-refractivity contribution in [2.75, 3.05) is 0 Å². The van der Waals surface area contributed by atoms with Gasteiger partial charge in [0, 0.05) is 0 Å². The first-order chi connectivity index (χ1) is 10.0. The first kappa shape index (κ1) is 15.5. The molecule has 0 aromatic heterocycles. The Balaban J connectivity index is 2.25. The van der Waals surface area contributed by atoms with Crippen LogP contribution in [0.5, 0.6) is 0 Å². The molecule has 0 aliphatic heterocycles. The smallest absolute Gasteiger partial charge is 0.312 e. The molecular weight excluding hydrogens is 274 g/mol. The molecule has 0 N–H and O–H groups in total. The predicted molar refractivity (Wildman–Crippen MR) is 92.5 cm³/mol. The molecule has 21 heavy (non-hydrogen) atoms. The topological polar surface area (TPSA) is 21.6 Å². The highest BCUT2D eigenvalue weighted by Gasteiger charge is 2.28. The van der Waals surface area contributed by atoms with Crippen LogP contribution in [-0.4, -0.2) is 14.0 Å². The van der Waals surface area contributed by atoms with E-state index >= 15 is 0 Å². The molecule has 2 aromatic carbocycles. The summed E-state index contributed by atoms with van der Waals surface area (Å²) in [6, 6.07) is 20.6. The average molecular weight is 297 g/mol. The van der Waals surface area contributed by atoms with Gasteiger partial charge in [-0.05, 0) is 29.8 Å². The normalized spacial score (nSPS) is 12.5. The standard InChI is InChI=1S/C18H23NOSi/c1-15(2)18(16-11-7-5-8-12-16)19-20-21(3,4)17-13-9-6-10-14-17/h5-15H,1-4H3/b19-18+. The molecule has 0 saturated carbocycles. The van der Waals surface area contributed by atoms with Crippen molar-refractivity contribution in [3.63, 3.8) is 0 Å². The Hall–Kier alpha value is -1.87. The zero-order valence-corrected chi connectivity index (χ0v) is 14.2. The van der Waals surface area contributed by atoms with Crippen molar-refractivity contribution >= 4 is 19.2 Å². The summed E-state index contributed by atoms with van der Waals surface area (Å²) in [6.45, 7) is 8.64. The molecule has 0 unspecified atom stereocenters. The maximum absolute atomic E-state index is 6.02. The minimum absolute atomic E-state index is 0.327. The number of oxime groups is 1. The molecule has 0 aliphatic carbocycles.